The Morgan fingerprint density at radius 3 is 2.42 bits per heavy atom. The Balaban J connectivity index is 1.47. The van der Waals surface area contributed by atoms with Gasteiger partial charge >= 0.3 is 5.97 Å². The van der Waals surface area contributed by atoms with Crippen molar-refractivity contribution in [3.05, 3.63) is 36.3 Å². The van der Waals surface area contributed by atoms with E-state index in [0.29, 0.717) is 42.2 Å². The Morgan fingerprint density at radius 2 is 1.81 bits per heavy atom. The first-order valence-electron chi connectivity index (χ1n) is 22.2. The highest BCUT2D eigenvalue weighted by molar-refractivity contribution is 6.08. The molecule has 2 aromatic heterocycles. The number of alkyl halides is 1. The third-order valence-electron chi connectivity index (χ3n) is 13.1. The summed E-state index contributed by atoms with van der Waals surface area (Å²) in [5.74, 6) is -5.78. The molecule has 19 heteroatoms. The van der Waals surface area contributed by atoms with E-state index in [2.05, 4.69) is 15.2 Å². The van der Waals surface area contributed by atoms with Gasteiger partial charge in [0.25, 0.3) is 5.67 Å². The van der Waals surface area contributed by atoms with Crippen LogP contribution in [-0.2, 0) is 49.5 Å². The number of anilines is 1. The number of Topliss-reactive ketones (excluding diaryl/α,β-unsaturated/α-hetero) is 1. The fourth-order valence-electron chi connectivity index (χ4n) is 9.29. The molecule has 4 aliphatic rings. The van der Waals surface area contributed by atoms with Gasteiger partial charge in [0.1, 0.15) is 29.3 Å². The number of halogens is 1. The molecule has 13 atom stereocenters. The number of nitrogen functional groups attached to an aromatic ring is 1. The average molecular weight is 900 g/mol. The topological polar surface area (TPSA) is 232 Å². The van der Waals surface area contributed by atoms with E-state index >= 15 is 4.39 Å². The van der Waals surface area contributed by atoms with E-state index in [1.807, 2.05) is 32.8 Å². The van der Waals surface area contributed by atoms with E-state index in [4.69, 9.17) is 39.2 Å². The molecule has 1 saturated carbocycles. The molecule has 1 amide bonds. The van der Waals surface area contributed by atoms with Crippen molar-refractivity contribution in [3.63, 3.8) is 0 Å². The van der Waals surface area contributed by atoms with Crippen molar-refractivity contribution in [2.24, 2.45) is 33.8 Å². The summed E-state index contributed by atoms with van der Waals surface area (Å²) in [6.07, 6.45) is -1.80. The number of hydrogen-bond donors (Lipinski definition) is 3. The monoisotopic (exact) mass is 899 g/mol. The maximum Gasteiger partial charge on any atom is 0.351 e. The zero-order chi connectivity index (χ0) is 46.9. The van der Waals surface area contributed by atoms with Crippen LogP contribution in [0.25, 0.3) is 5.69 Å². The predicted octanol–water partition coefficient (Wildman–Crippen LogP) is 3.77. The van der Waals surface area contributed by atoms with Crippen molar-refractivity contribution in [1.29, 1.82) is 0 Å². The molecule has 6 rings (SSSR count). The van der Waals surface area contributed by atoms with Crippen LogP contribution in [0.1, 0.15) is 93.2 Å². The number of carbonyl (C=O) groups is 3. The number of fused-ring (bicyclic) bond motifs is 5. The predicted molar refractivity (Wildman–Crippen MR) is 232 cm³/mol. The Kier molecular flexibility index (Phi) is 15.1. The van der Waals surface area contributed by atoms with Crippen molar-refractivity contribution in [1.82, 2.24) is 19.7 Å². The second kappa shape index (κ2) is 19.7. The lowest BCUT2D eigenvalue weighted by molar-refractivity contribution is -0.296. The number of likely N-dealkylation sites (N-methyl/N-ethyl adjacent to an activating group) is 1. The van der Waals surface area contributed by atoms with Gasteiger partial charge in [0.15, 0.2) is 18.7 Å². The molecule has 4 N–H and O–H groups in total. The number of pyridine rings is 1. The number of ether oxygens (including phenoxy) is 5. The normalized spacial score (nSPS) is 38.3. The van der Waals surface area contributed by atoms with Crippen molar-refractivity contribution < 1.29 is 57.5 Å². The van der Waals surface area contributed by atoms with Crippen LogP contribution in [-0.4, -0.2) is 146 Å². The summed E-state index contributed by atoms with van der Waals surface area (Å²) in [4.78, 5) is 58.9. The molecule has 64 heavy (non-hydrogen) atoms. The number of nitrogens with zero attached hydrogens (tertiary/aromatic N) is 6. The van der Waals surface area contributed by atoms with Gasteiger partial charge in [0.2, 0.25) is 5.91 Å². The van der Waals surface area contributed by atoms with Crippen molar-refractivity contribution in [3.8, 4) is 5.69 Å². The van der Waals surface area contributed by atoms with Crippen molar-refractivity contribution in [2.75, 3.05) is 33.0 Å². The van der Waals surface area contributed by atoms with Crippen LogP contribution >= 0.6 is 0 Å². The van der Waals surface area contributed by atoms with Gasteiger partial charge in [-0.05, 0) is 91.9 Å². The fourth-order valence-corrected chi connectivity index (χ4v) is 9.29. The summed E-state index contributed by atoms with van der Waals surface area (Å²) in [6.45, 7) is 11.8. The molecule has 18 nitrogen and oxygen atoms in total. The number of aliphatic imine (C=N–C) groups is 1. The molecular weight excluding hydrogens is 834 g/mol. The van der Waals surface area contributed by atoms with E-state index < -0.39 is 89.2 Å². The highest BCUT2D eigenvalue weighted by Crippen LogP contribution is 2.41. The molecule has 4 fully saturated rings. The number of aliphatic hydroxyl groups is 2. The molecule has 0 radical (unpaired) electrons. The minimum atomic E-state index is -3.23. The molecule has 5 heterocycles. The third-order valence-corrected chi connectivity index (χ3v) is 13.1. The number of carbonyl (C=O) groups excluding carboxylic acids is 3. The zero-order valence-electron chi connectivity index (χ0n) is 38.6. The number of oxime groups is 1. The molecule has 3 saturated heterocycles. The van der Waals surface area contributed by atoms with Crippen LogP contribution in [0.3, 0.4) is 0 Å². The van der Waals surface area contributed by atoms with Gasteiger partial charge in [-0.1, -0.05) is 32.9 Å². The van der Waals surface area contributed by atoms with Gasteiger partial charge in [0, 0.05) is 41.8 Å². The Labute approximate surface area is 374 Å². The van der Waals surface area contributed by atoms with Gasteiger partial charge in [-0.2, -0.15) is 5.10 Å². The van der Waals surface area contributed by atoms with Gasteiger partial charge < -0.3 is 49.4 Å². The number of ketones is 1. The summed E-state index contributed by atoms with van der Waals surface area (Å²) in [5, 5.41) is 32.8. The second-order valence-corrected chi connectivity index (χ2v) is 18.8. The van der Waals surface area contributed by atoms with Crippen LogP contribution in [0.4, 0.5) is 10.2 Å². The maximum absolute atomic E-state index is 17.0. The number of aromatic nitrogens is 3. The number of aliphatic hydroxyl groups excluding tert-OH is 1. The SMILES string of the molecule is CC[C@H]1OC(=O)[C@@](C)(F)C(=O)[C@H](C)[C@@H](O[C@@H]2O[C@H](C)C[C@H](N(C)C)[C@H]2O)[C@@]2(C)C[C@@H](C)C(=NC(=O)C3CC3)[C@H](C)[C@H](OC/C(=N\OCc3ccc(-n4ccc(N)n4)cn3)CO2)[C@]1(C)O. The van der Waals surface area contributed by atoms with Crippen LogP contribution in [0.2, 0.25) is 0 Å². The lowest BCUT2D eigenvalue weighted by atomic mass is 9.73. The second-order valence-electron chi connectivity index (χ2n) is 18.8. The smallest absolute Gasteiger partial charge is 0.351 e. The zero-order valence-corrected chi connectivity index (χ0v) is 38.6. The summed E-state index contributed by atoms with van der Waals surface area (Å²) in [5.41, 5.74) is 0.692. The van der Waals surface area contributed by atoms with Gasteiger partial charge in [-0.3, -0.25) is 14.6 Å². The lowest BCUT2D eigenvalue weighted by Crippen LogP contribution is -2.61. The first-order chi connectivity index (χ1) is 30.1. The Morgan fingerprint density at radius 1 is 1.09 bits per heavy atom. The highest BCUT2D eigenvalue weighted by Gasteiger charge is 2.57. The van der Waals surface area contributed by atoms with E-state index in [1.165, 1.54) is 13.8 Å². The first-order valence-corrected chi connectivity index (χ1v) is 22.2. The fraction of sp³-hybridized carbons (Fsp3) is 0.711. The Bertz CT molecular complexity index is 2040. The highest BCUT2D eigenvalue weighted by atomic mass is 19.1. The minimum Gasteiger partial charge on any atom is -0.457 e. The van der Waals surface area contributed by atoms with Gasteiger partial charge in [-0.15, -0.1) is 0 Å². The van der Waals surface area contributed by atoms with Crippen LogP contribution < -0.4 is 5.73 Å². The minimum absolute atomic E-state index is 0.00708. The van der Waals surface area contributed by atoms with E-state index in [1.54, 1.807) is 56.0 Å². The maximum atomic E-state index is 17.0. The van der Waals surface area contributed by atoms with Gasteiger partial charge in [0.05, 0.1) is 54.7 Å². The molecule has 354 valence electrons. The largest absolute Gasteiger partial charge is 0.457 e. The number of hydrogen-bond acceptors (Lipinski definition) is 16. The number of cyclic esters (lactones) is 1. The van der Waals surface area contributed by atoms with E-state index in [-0.39, 0.29) is 50.2 Å². The van der Waals surface area contributed by atoms with Gasteiger partial charge in [-0.25, -0.2) is 18.9 Å². The molecule has 1 aliphatic carbocycles. The molecule has 2 bridgehead atoms. The average Bonchev–Trinajstić information content (AvgIpc) is 4.01. The molecule has 0 aromatic carbocycles. The number of rotatable bonds is 9. The summed E-state index contributed by atoms with van der Waals surface area (Å²) in [7, 11) is 3.64. The van der Waals surface area contributed by atoms with E-state index in [0.717, 1.165) is 6.92 Å². The molecule has 2 aromatic rings. The number of esters is 1. The first kappa shape index (κ1) is 49.2. The van der Waals surface area contributed by atoms with Crippen molar-refractivity contribution in [2.45, 2.75) is 154 Å². The van der Waals surface area contributed by atoms with Crippen molar-refractivity contribution >= 4 is 34.9 Å². The summed E-state index contributed by atoms with van der Waals surface area (Å²) < 4.78 is 50.7. The quantitative estimate of drug-likeness (QED) is 0.185. The summed E-state index contributed by atoms with van der Waals surface area (Å²) in [6, 6.07) is 4.79. The molecule has 0 unspecified atom stereocenters. The third kappa shape index (κ3) is 10.7. The number of nitrogens with two attached hydrogens (primary N) is 1. The molecule has 3 aliphatic heterocycles. The van der Waals surface area contributed by atoms with Crippen LogP contribution in [0.5, 0.6) is 0 Å². The Hall–Kier alpha value is -4.24. The van der Waals surface area contributed by atoms with E-state index in [9.17, 15) is 24.6 Å². The number of amides is 1. The summed E-state index contributed by atoms with van der Waals surface area (Å²) >= 11 is 0. The standard InChI is InChI=1S/C45H66FN7O11/c1-11-33-45(8,58)39-26(4)35(49-40(56)28-12-13-28)24(2)19-43(6,60-22-30(21-59-39)51-61-23-29-14-15-31(20-48-29)53-17-16-34(47)50-53)38(27(5)37(55)44(7,46)42(57)63-33)64-41-36(54)32(52(9)10)18-25(3)62-41/h14-17,20,24-28,32-33,36,38-39,41,54,58H,11-13,18-19,21-23H2,1-10H3,(H2,47,50)/b49-35?,51-30+/t24-,25-,26+,27+,32+,33-,36-,38-,39+,41+,43-,44+,45-/m1/s1. The lowest BCUT2D eigenvalue weighted by Gasteiger charge is -2.47. The molecule has 0 spiro atoms. The van der Waals surface area contributed by atoms with Crippen LogP contribution in [0, 0.1) is 23.7 Å². The molecular formula is C45H66FN7O11. The van der Waals surface area contributed by atoms with Crippen LogP contribution in [0.15, 0.2) is 40.7 Å².